The normalized spacial score (nSPS) is 26.3. The van der Waals surface area contributed by atoms with Crippen LogP contribution in [-0.4, -0.2) is 55.6 Å². The number of hydrogen-bond acceptors (Lipinski definition) is 3. The van der Waals surface area contributed by atoms with Gasteiger partial charge in [-0.05, 0) is 50.6 Å². The first-order valence-electron chi connectivity index (χ1n) is 8.84. The second-order valence-corrected chi connectivity index (χ2v) is 9.13. The van der Waals surface area contributed by atoms with Crippen LogP contribution in [0, 0.1) is 5.92 Å². The molecular formula is C18H28N2O2S. The molecule has 3 heterocycles. The van der Waals surface area contributed by atoms with Crippen LogP contribution in [0.25, 0.3) is 0 Å². The number of hydrogen-bond donors (Lipinski definition) is 0. The minimum atomic E-state index is -3.06. The van der Waals surface area contributed by atoms with Gasteiger partial charge in [-0.2, -0.15) is 4.31 Å². The highest BCUT2D eigenvalue weighted by molar-refractivity contribution is 7.89. The van der Waals surface area contributed by atoms with Gasteiger partial charge in [-0.15, -0.1) is 0 Å². The lowest BCUT2D eigenvalue weighted by molar-refractivity contribution is 0.227. The van der Waals surface area contributed by atoms with Crippen LogP contribution in [0.2, 0.25) is 0 Å². The third kappa shape index (κ3) is 4.14. The van der Waals surface area contributed by atoms with Crippen LogP contribution >= 0.6 is 0 Å². The van der Waals surface area contributed by atoms with Gasteiger partial charge in [0, 0.05) is 25.7 Å². The molecular weight excluding hydrogens is 308 g/mol. The van der Waals surface area contributed by atoms with Gasteiger partial charge >= 0.3 is 0 Å². The van der Waals surface area contributed by atoms with E-state index in [0.717, 1.165) is 45.4 Å². The van der Waals surface area contributed by atoms with Gasteiger partial charge in [0.15, 0.2) is 0 Å². The van der Waals surface area contributed by atoms with Crippen LogP contribution in [0.1, 0.15) is 31.7 Å². The second kappa shape index (κ2) is 7.32. The van der Waals surface area contributed by atoms with Crippen LogP contribution in [0.3, 0.4) is 0 Å². The fourth-order valence-electron chi connectivity index (χ4n) is 3.98. The van der Waals surface area contributed by atoms with E-state index < -0.39 is 10.0 Å². The lowest BCUT2D eigenvalue weighted by atomic mass is 9.97. The fourth-order valence-corrected chi connectivity index (χ4v) is 5.37. The molecule has 0 radical (unpaired) electrons. The van der Waals surface area contributed by atoms with E-state index in [1.807, 2.05) is 0 Å². The first-order valence-corrected chi connectivity index (χ1v) is 10.4. The summed E-state index contributed by atoms with van der Waals surface area (Å²) in [5.74, 6) is 0.733. The Morgan fingerprint density at radius 2 is 1.87 bits per heavy atom. The standard InChI is InChI=1S/C18H28N2O2S/c1-2-23(21,22)20-14-17-10-11-18(20)15-19(13-17)12-6-9-16-7-4-3-5-8-16/h3-5,7-8,17-18H,2,6,9-15H2,1H3/t17-,18+/m0/s1. The van der Waals surface area contributed by atoms with Gasteiger partial charge in [0.05, 0.1) is 5.75 Å². The van der Waals surface area contributed by atoms with Crippen molar-refractivity contribution in [3.63, 3.8) is 0 Å². The number of aryl methyl sites for hydroxylation is 1. The van der Waals surface area contributed by atoms with Gasteiger partial charge in [-0.25, -0.2) is 8.42 Å². The lowest BCUT2D eigenvalue weighted by Gasteiger charge is -2.34. The SMILES string of the molecule is CCS(=O)(=O)N1C[C@H]2CC[C@@H]1CN(CCCc1ccccc1)C2. The third-order valence-electron chi connectivity index (χ3n) is 5.24. The van der Waals surface area contributed by atoms with E-state index in [9.17, 15) is 8.42 Å². The predicted octanol–water partition coefficient (Wildman–Crippen LogP) is 2.37. The summed E-state index contributed by atoms with van der Waals surface area (Å²) < 4.78 is 26.4. The van der Waals surface area contributed by atoms with E-state index in [4.69, 9.17) is 0 Å². The van der Waals surface area contributed by atoms with Gasteiger partial charge in [-0.1, -0.05) is 30.3 Å². The molecule has 0 N–H and O–H groups in total. The van der Waals surface area contributed by atoms with E-state index in [1.165, 1.54) is 12.0 Å². The Bertz CT molecular complexity index is 603. The molecule has 4 nitrogen and oxygen atoms in total. The van der Waals surface area contributed by atoms with Crippen molar-refractivity contribution in [1.82, 2.24) is 9.21 Å². The molecule has 0 saturated carbocycles. The number of piperidine rings is 1. The molecule has 0 unspecified atom stereocenters. The van der Waals surface area contributed by atoms with Crippen molar-refractivity contribution >= 4 is 10.0 Å². The average molecular weight is 337 g/mol. The summed E-state index contributed by atoms with van der Waals surface area (Å²) in [6.45, 7) is 5.52. The summed E-state index contributed by atoms with van der Waals surface area (Å²) in [5, 5.41) is 0. The van der Waals surface area contributed by atoms with Crippen LogP contribution in [0.15, 0.2) is 30.3 Å². The Balaban J connectivity index is 1.57. The molecule has 0 spiro atoms. The van der Waals surface area contributed by atoms with Crippen molar-refractivity contribution in [2.24, 2.45) is 5.92 Å². The number of nitrogens with zero attached hydrogens (tertiary/aromatic N) is 2. The maximum absolute atomic E-state index is 12.3. The molecule has 0 aromatic heterocycles. The van der Waals surface area contributed by atoms with Crippen molar-refractivity contribution in [3.05, 3.63) is 35.9 Å². The largest absolute Gasteiger partial charge is 0.301 e. The summed E-state index contributed by atoms with van der Waals surface area (Å²) in [6, 6.07) is 10.8. The zero-order valence-electron chi connectivity index (χ0n) is 14.0. The minimum absolute atomic E-state index is 0.190. The summed E-state index contributed by atoms with van der Waals surface area (Å²) in [6.07, 6.45) is 4.45. The summed E-state index contributed by atoms with van der Waals surface area (Å²) >= 11 is 0. The molecule has 3 fully saturated rings. The van der Waals surface area contributed by atoms with Crippen molar-refractivity contribution in [2.45, 2.75) is 38.6 Å². The monoisotopic (exact) mass is 336 g/mol. The Hall–Kier alpha value is -0.910. The first-order chi connectivity index (χ1) is 11.1. The van der Waals surface area contributed by atoms with Crippen molar-refractivity contribution in [3.8, 4) is 0 Å². The molecule has 0 amide bonds. The van der Waals surface area contributed by atoms with Gasteiger partial charge in [0.25, 0.3) is 0 Å². The minimum Gasteiger partial charge on any atom is -0.301 e. The maximum atomic E-state index is 12.3. The first kappa shape index (κ1) is 16.9. The molecule has 1 aromatic carbocycles. The Morgan fingerprint density at radius 1 is 1.09 bits per heavy atom. The Morgan fingerprint density at radius 3 is 2.61 bits per heavy atom. The predicted molar refractivity (Wildman–Crippen MR) is 93.9 cm³/mol. The van der Waals surface area contributed by atoms with Crippen LogP contribution < -0.4 is 0 Å². The molecule has 23 heavy (non-hydrogen) atoms. The number of rotatable bonds is 6. The van der Waals surface area contributed by atoms with Crippen molar-refractivity contribution in [2.75, 3.05) is 31.9 Å². The smallest absolute Gasteiger partial charge is 0.214 e. The molecule has 3 aliphatic heterocycles. The Labute approximate surface area is 140 Å². The van der Waals surface area contributed by atoms with Crippen LogP contribution in [-0.2, 0) is 16.4 Å². The zero-order valence-corrected chi connectivity index (χ0v) is 14.8. The molecule has 128 valence electrons. The van der Waals surface area contributed by atoms with Crippen molar-refractivity contribution in [1.29, 1.82) is 0 Å². The highest BCUT2D eigenvalue weighted by atomic mass is 32.2. The second-order valence-electron chi connectivity index (χ2n) is 6.92. The molecule has 3 saturated heterocycles. The summed E-state index contributed by atoms with van der Waals surface area (Å²) in [5.41, 5.74) is 1.39. The van der Waals surface area contributed by atoms with Gasteiger partial charge in [0.1, 0.15) is 0 Å². The van der Waals surface area contributed by atoms with E-state index in [2.05, 4.69) is 35.2 Å². The quantitative estimate of drug-likeness (QED) is 0.801. The topological polar surface area (TPSA) is 40.6 Å². The van der Waals surface area contributed by atoms with Crippen molar-refractivity contribution < 1.29 is 8.42 Å². The van der Waals surface area contributed by atoms with Gasteiger partial charge in [-0.3, -0.25) is 0 Å². The number of benzene rings is 1. The fraction of sp³-hybridized carbons (Fsp3) is 0.667. The van der Waals surface area contributed by atoms with E-state index >= 15 is 0 Å². The van der Waals surface area contributed by atoms with Crippen LogP contribution in [0.4, 0.5) is 0 Å². The molecule has 1 aromatic rings. The Kier molecular flexibility index (Phi) is 5.39. The van der Waals surface area contributed by atoms with E-state index in [-0.39, 0.29) is 11.8 Å². The van der Waals surface area contributed by atoms with Gasteiger partial charge < -0.3 is 4.90 Å². The van der Waals surface area contributed by atoms with E-state index in [0.29, 0.717) is 5.92 Å². The molecule has 3 aliphatic rings. The average Bonchev–Trinajstić information content (AvgIpc) is 2.87. The highest BCUT2D eigenvalue weighted by Gasteiger charge is 2.39. The zero-order chi connectivity index (χ0) is 16.3. The molecule has 2 bridgehead atoms. The maximum Gasteiger partial charge on any atom is 0.214 e. The molecule has 5 heteroatoms. The highest BCUT2D eigenvalue weighted by Crippen LogP contribution is 2.30. The molecule has 0 aliphatic carbocycles. The summed E-state index contributed by atoms with van der Waals surface area (Å²) in [7, 11) is -3.06. The van der Waals surface area contributed by atoms with E-state index in [1.54, 1.807) is 11.2 Å². The van der Waals surface area contributed by atoms with Gasteiger partial charge in [0.2, 0.25) is 10.0 Å². The summed E-state index contributed by atoms with van der Waals surface area (Å²) in [4.78, 5) is 2.50. The molecule has 2 atom stereocenters. The third-order valence-corrected chi connectivity index (χ3v) is 7.14. The van der Waals surface area contributed by atoms with Crippen LogP contribution in [0.5, 0.6) is 0 Å². The number of sulfonamides is 1. The molecule has 4 rings (SSSR count). The lowest BCUT2D eigenvalue weighted by Crippen LogP contribution is -2.47. The number of fused-ring (bicyclic) bond motifs is 4.